The van der Waals surface area contributed by atoms with Crippen LogP contribution in [0.2, 0.25) is 0 Å². The van der Waals surface area contributed by atoms with Crippen molar-refractivity contribution in [2.24, 2.45) is 40.4 Å². The Morgan fingerprint density at radius 3 is 2.74 bits per heavy atom. The van der Waals surface area contributed by atoms with Crippen LogP contribution in [-0.4, -0.2) is 29.3 Å². The molecule has 0 bridgehead atoms. The van der Waals surface area contributed by atoms with Crippen molar-refractivity contribution in [3.63, 3.8) is 0 Å². The molecular formula is C31H49NO3. The van der Waals surface area contributed by atoms with Crippen molar-refractivity contribution in [3.05, 3.63) is 23.0 Å². The zero-order valence-electron chi connectivity index (χ0n) is 23.1. The van der Waals surface area contributed by atoms with Crippen molar-refractivity contribution in [1.82, 2.24) is 5.32 Å². The third kappa shape index (κ3) is 3.92. The molecule has 4 aliphatic carbocycles. The van der Waals surface area contributed by atoms with Crippen LogP contribution in [0.5, 0.6) is 0 Å². The van der Waals surface area contributed by atoms with Gasteiger partial charge in [-0.2, -0.15) is 0 Å². The fourth-order valence-corrected chi connectivity index (χ4v) is 9.77. The van der Waals surface area contributed by atoms with Crippen LogP contribution in [0.3, 0.4) is 0 Å². The van der Waals surface area contributed by atoms with Crippen molar-refractivity contribution in [1.29, 1.82) is 0 Å². The molecule has 4 nitrogen and oxygen atoms in total. The summed E-state index contributed by atoms with van der Waals surface area (Å²) in [5.74, 6) is 4.55. The molecule has 5 aliphatic rings. The average Bonchev–Trinajstić information content (AvgIpc) is 3.25. The first-order chi connectivity index (χ1) is 16.5. The summed E-state index contributed by atoms with van der Waals surface area (Å²) in [6.07, 6.45) is 13.6. The number of hydrogen-bond donors (Lipinski definition) is 2. The number of carbonyl (C=O) groups excluding carboxylic acids is 1. The second-order valence-corrected chi connectivity index (χ2v) is 13.5. The third-order valence-electron chi connectivity index (χ3n) is 11.6. The van der Waals surface area contributed by atoms with Crippen LogP contribution in [0.1, 0.15) is 106 Å². The number of hydrogen-bond acceptors (Lipinski definition) is 3. The maximum absolute atomic E-state index is 11.3. The lowest BCUT2D eigenvalue weighted by Gasteiger charge is -2.57. The Morgan fingerprint density at radius 2 is 2.03 bits per heavy atom. The maximum Gasteiger partial charge on any atom is 0.216 e. The second kappa shape index (κ2) is 8.92. The number of aliphatic hydroxyl groups is 1. The number of allylic oxidation sites excluding steroid dienone is 2. The van der Waals surface area contributed by atoms with Gasteiger partial charge in [-0.1, -0.05) is 39.3 Å². The smallest absolute Gasteiger partial charge is 0.216 e. The molecule has 4 heteroatoms. The molecule has 0 saturated heterocycles. The Kier molecular flexibility index (Phi) is 6.47. The van der Waals surface area contributed by atoms with Crippen LogP contribution in [0.4, 0.5) is 0 Å². The van der Waals surface area contributed by atoms with Gasteiger partial charge in [-0.3, -0.25) is 4.79 Å². The van der Waals surface area contributed by atoms with Gasteiger partial charge in [0, 0.05) is 25.8 Å². The zero-order chi connectivity index (χ0) is 25.2. The van der Waals surface area contributed by atoms with Gasteiger partial charge < -0.3 is 15.2 Å². The van der Waals surface area contributed by atoms with E-state index in [4.69, 9.17) is 4.74 Å². The van der Waals surface area contributed by atoms with E-state index in [1.165, 1.54) is 37.0 Å². The summed E-state index contributed by atoms with van der Waals surface area (Å²) in [5, 5.41) is 13.3. The van der Waals surface area contributed by atoms with Crippen molar-refractivity contribution in [3.8, 4) is 0 Å². The first kappa shape index (κ1) is 25.4. The summed E-state index contributed by atoms with van der Waals surface area (Å²) in [7, 11) is 0. The van der Waals surface area contributed by atoms with E-state index in [1.54, 1.807) is 12.5 Å². The van der Waals surface area contributed by atoms with Gasteiger partial charge in [0.1, 0.15) is 5.60 Å². The van der Waals surface area contributed by atoms with E-state index < -0.39 is 0 Å². The Labute approximate surface area is 213 Å². The Hall–Kier alpha value is -1.29. The lowest BCUT2D eigenvalue weighted by molar-refractivity contribution is -0.119. The standard InChI is InChI=1S/C31H49NO3/c1-7-31-17-26-24-10-9-22-16-23(34)12-14-29(22,5)25(24)13-15-30(26,6)28(31)20(3)27(35-31)11-8-19(2)18-32-21(4)33/h9,19,23-26,28,34H,7-8,10-18H2,1-6H3,(H,32,33)/t19-,23-,24-,25-,26-,28+,29+,30+,31+/m1/s1. The molecule has 2 N–H and O–H groups in total. The fraction of sp³-hybridized carbons (Fsp3) is 0.839. The Morgan fingerprint density at radius 1 is 1.26 bits per heavy atom. The molecular weight excluding hydrogens is 434 g/mol. The van der Waals surface area contributed by atoms with Crippen molar-refractivity contribution in [2.75, 3.05) is 6.54 Å². The summed E-state index contributed by atoms with van der Waals surface area (Å²) < 4.78 is 7.04. The highest BCUT2D eigenvalue weighted by atomic mass is 16.5. The minimum Gasteiger partial charge on any atom is -0.491 e. The van der Waals surface area contributed by atoms with Crippen LogP contribution < -0.4 is 5.32 Å². The molecule has 3 saturated carbocycles. The number of ether oxygens (including phenoxy) is 1. The molecule has 0 radical (unpaired) electrons. The normalized spacial score (nSPS) is 45.0. The van der Waals surface area contributed by atoms with Gasteiger partial charge in [-0.15, -0.1) is 0 Å². The van der Waals surface area contributed by atoms with Gasteiger partial charge in [0.15, 0.2) is 0 Å². The molecule has 1 heterocycles. The molecule has 1 amide bonds. The van der Waals surface area contributed by atoms with Crippen molar-refractivity contribution >= 4 is 5.91 Å². The lowest BCUT2D eigenvalue weighted by atomic mass is 9.47. The summed E-state index contributed by atoms with van der Waals surface area (Å²) in [4.78, 5) is 11.3. The molecule has 5 rings (SSSR count). The van der Waals surface area contributed by atoms with Gasteiger partial charge in [-0.25, -0.2) is 0 Å². The van der Waals surface area contributed by atoms with E-state index in [9.17, 15) is 9.90 Å². The van der Waals surface area contributed by atoms with Crippen LogP contribution in [0.25, 0.3) is 0 Å². The molecule has 196 valence electrons. The topological polar surface area (TPSA) is 58.6 Å². The van der Waals surface area contributed by atoms with Crippen LogP contribution >= 0.6 is 0 Å². The molecule has 9 atom stereocenters. The van der Waals surface area contributed by atoms with Gasteiger partial charge in [0.05, 0.1) is 11.9 Å². The van der Waals surface area contributed by atoms with E-state index in [2.05, 4.69) is 46.0 Å². The monoisotopic (exact) mass is 483 g/mol. The van der Waals surface area contributed by atoms with Crippen LogP contribution in [-0.2, 0) is 9.53 Å². The molecule has 0 spiro atoms. The fourth-order valence-electron chi connectivity index (χ4n) is 9.77. The van der Waals surface area contributed by atoms with E-state index in [-0.39, 0.29) is 17.6 Å². The highest BCUT2D eigenvalue weighted by Crippen LogP contribution is 2.72. The van der Waals surface area contributed by atoms with Crippen molar-refractivity contribution in [2.45, 2.75) is 117 Å². The number of amides is 1. The first-order valence-electron chi connectivity index (χ1n) is 14.5. The number of rotatable bonds is 6. The highest BCUT2D eigenvalue weighted by Gasteiger charge is 2.68. The molecule has 0 unspecified atom stereocenters. The molecule has 0 aromatic heterocycles. The summed E-state index contributed by atoms with van der Waals surface area (Å²) in [6.45, 7) is 14.4. The average molecular weight is 484 g/mol. The van der Waals surface area contributed by atoms with E-state index >= 15 is 0 Å². The number of fused-ring (bicyclic) bond motifs is 7. The SMILES string of the molecule is CC[C@]12C[C@@H]3[C@@H]4CC=C5C[C@H](O)CC[C@]5(C)[C@@H]4CC[C@]3(C)[C@@H]1C(C)=C(CC[C@@H](C)CNC(C)=O)O2. The Balaban J connectivity index is 1.37. The van der Waals surface area contributed by atoms with Crippen molar-refractivity contribution < 1.29 is 14.6 Å². The predicted molar refractivity (Wildman–Crippen MR) is 140 cm³/mol. The predicted octanol–water partition coefficient (Wildman–Crippen LogP) is 6.54. The van der Waals surface area contributed by atoms with E-state index in [0.717, 1.165) is 62.8 Å². The molecule has 0 aromatic carbocycles. The Bertz CT molecular complexity index is 922. The number of carbonyl (C=O) groups is 1. The quantitative estimate of drug-likeness (QED) is 0.422. The summed E-state index contributed by atoms with van der Waals surface area (Å²) >= 11 is 0. The van der Waals surface area contributed by atoms with Crippen LogP contribution in [0.15, 0.2) is 23.0 Å². The van der Waals surface area contributed by atoms with E-state index in [0.29, 0.717) is 22.7 Å². The molecule has 1 aliphatic heterocycles. The third-order valence-corrected chi connectivity index (χ3v) is 11.6. The first-order valence-corrected chi connectivity index (χ1v) is 14.5. The minimum absolute atomic E-state index is 0.0255. The molecule has 3 fully saturated rings. The number of nitrogens with one attached hydrogen (secondary N) is 1. The zero-order valence-corrected chi connectivity index (χ0v) is 23.1. The molecule has 0 aromatic rings. The summed E-state index contributed by atoms with van der Waals surface area (Å²) in [6, 6.07) is 0. The minimum atomic E-state index is -0.130. The second-order valence-electron chi connectivity index (χ2n) is 13.5. The van der Waals surface area contributed by atoms with Crippen LogP contribution in [0, 0.1) is 40.4 Å². The number of aliphatic hydroxyl groups excluding tert-OH is 1. The molecule has 35 heavy (non-hydrogen) atoms. The van der Waals surface area contributed by atoms with E-state index in [1.807, 2.05) is 0 Å². The maximum atomic E-state index is 11.3. The lowest BCUT2D eigenvalue weighted by Crippen LogP contribution is -2.50. The summed E-state index contributed by atoms with van der Waals surface area (Å²) in [5.41, 5.74) is 3.68. The van der Waals surface area contributed by atoms with Gasteiger partial charge in [-0.05, 0) is 105 Å². The largest absolute Gasteiger partial charge is 0.491 e. The van der Waals surface area contributed by atoms with Gasteiger partial charge >= 0.3 is 0 Å². The highest BCUT2D eigenvalue weighted by molar-refractivity contribution is 5.72. The van der Waals surface area contributed by atoms with Gasteiger partial charge in [0.25, 0.3) is 0 Å². The van der Waals surface area contributed by atoms with Gasteiger partial charge in [0.2, 0.25) is 5.91 Å².